The molecule has 2 aromatic rings. The molecule has 126 valence electrons. The molecule has 1 heterocycles. The average Bonchev–Trinajstić information content (AvgIpc) is 2.89. The molecule has 0 unspecified atom stereocenters. The molecule has 1 saturated heterocycles. The predicted molar refractivity (Wildman–Crippen MR) is 111 cm³/mol. The van der Waals surface area contributed by atoms with Gasteiger partial charge in [-0.25, -0.2) is 0 Å². The fourth-order valence-electron chi connectivity index (χ4n) is 2.20. The van der Waals surface area contributed by atoms with E-state index in [2.05, 4.69) is 5.32 Å². The van der Waals surface area contributed by atoms with Gasteiger partial charge in [0.25, 0.3) is 5.91 Å². The Balaban J connectivity index is 1.62. The summed E-state index contributed by atoms with van der Waals surface area (Å²) < 4.78 is 0.547. The number of amides is 1. The molecule has 0 saturated carbocycles. The largest absolute Gasteiger partial charge is 0.367 e. The molecule has 1 amide bonds. The van der Waals surface area contributed by atoms with Gasteiger partial charge in [-0.15, -0.1) is 0 Å². The predicted octanol–water partition coefficient (Wildman–Crippen LogP) is 5.17. The quantitative estimate of drug-likeness (QED) is 0.567. The van der Waals surface area contributed by atoms with Gasteiger partial charge in [-0.05, 0) is 35.9 Å². The number of hydrogen-bond donors (Lipinski definition) is 1. The number of thioether (sulfide) groups is 1. The third-order valence-corrected chi connectivity index (χ3v) is 5.14. The number of benzene rings is 2. The van der Waals surface area contributed by atoms with Crippen molar-refractivity contribution in [1.29, 1.82) is 0 Å². The maximum absolute atomic E-state index is 12.5. The Morgan fingerprint density at radius 1 is 1.12 bits per heavy atom. The zero-order valence-corrected chi connectivity index (χ0v) is 15.6. The fourth-order valence-corrected chi connectivity index (χ4v) is 3.53. The first-order valence-corrected chi connectivity index (χ1v) is 9.20. The van der Waals surface area contributed by atoms with Crippen LogP contribution in [0.3, 0.4) is 0 Å². The zero-order valence-electron chi connectivity index (χ0n) is 13.2. The Hall–Kier alpha value is -2.08. The highest BCUT2D eigenvalue weighted by Gasteiger charge is 2.31. The first-order valence-electron chi connectivity index (χ1n) is 7.60. The minimum absolute atomic E-state index is 0.0887. The Bertz CT molecular complexity index is 832. The Morgan fingerprint density at radius 3 is 2.56 bits per heavy atom. The van der Waals surface area contributed by atoms with E-state index in [4.69, 9.17) is 23.8 Å². The third-order valence-electron chi connectivity index (χ3n) is 3.49. The Labute approximate surface area is 161 Å². The van der Waals surface area contributed by atoms with Crippen LogP contribution in [0.1, 0.15) is 5.56 Å². The Morgan fingerprint density at radius 2 is 1.84 bits per heavy atom. The highest BCUT2D eigenvalue weighted by molar-refractivity contribution is 8.26. The summed E-state index contributed by atoms with van der Waals surface area (Å²) in [5.41, 5.74) is 1.96. The van der Waals surface area contributed by atoms with Crippen molar-refractivity contribution < 1.29 is 4.79 Å². The van der Waals surface area contributed by atoms with Crippen molar-refractivity contribution in [1.82, 2.24) is 4.90 Å². The van der Waals surface area contributed by atoms with Crippen molar-refractivity contribution in [3.05, 3.63) is 82.2 Å². The van der Waals surface area contributed by atoms with Crippen LogP contribution in [0.4, 0.5) is 5.69 Å². The zero-order chi connectivity index (χ0) is 17.6. The highest BCUT2D eigenvalue weighted by Crippen LogP contribution is 2.31. The molecule has 0 bridgehead atoms. The minimum Gasteiger partial charge on any atom is -0.367 e. The molecule has 0 radical (unpaired) electrons. The number of halogens is 1. The van der Waals surface area contributed by atoms with Crippen LogP contribution in [0, 0.1) is 0 Å². The van der Waals surface area contributed by atoms with Crippen LogP contribution in [0.2, 0.25) is 5.02 Å². The number of rotatable bonds is 5. The van der Waals surface area contributed by atoms with E-state index in [1.54, 1.807) is 23.1 Å². The van der Waals surface area contributed by atoms with E-state index in [-0.39, 0.29) is 5.91 Å². The lowest BCUT2D eigenvalue weighted by atomic mass is 10.2. The molecule has 1 fully saturated rings. The van der Waals surface area contributed by atoms with E-state index < -0.39 is 0 Å². The summed E-state index contributed by atoms with van der Waals surface area (Å²) in [5, 5.41) is 3.85. The molecule has 3 rings (SSSR count). The molecule has 6 heteroatoms. The molecule has 0 aromatic heterocycles. The number of anilines is 1. The van der Waals surface area contributed by atoms with Crippen LogP contribution in [0.5, 0.6) is 0 Å². The van der Waals surface area contributed by atoms with Crippen molar-refractivity contribution in [2.45, 2.75) is 0 Å². The van der Waals surface area contributed by atoms with Crippen LogP contribution in [-0.4, -0.2) is 21.8 Å². The van der Waals surface area contributed by atoms with Gasteiger partial charge < -0.3 is 5.32 Å². The summed E-state index contributed by atoms with van der Waals surface area (Å²) in [6.07, 6.45) is 5.63. The second kappa shape index (κ2) is 8.34. The summed E-state index contributed by atoms with van der Waals surface area (Å²) in [7, 11) is 0. The van der Waals surface area contributed by atoms with Crippen molar-refractivity contribution in [2.24, 2.45) is 0 Å². The topological polar surface area (TPSA) is 32.3 Å². The van der Waals surface area contributed by atoms with E-state index in [0.29, 0.717) is 20.9 Å². The maximum Gasteiger partial charge on any atom is 0.267 e. The van der Waals surface area contributed by atoms with E-state index in [9.17, 15) is 4.79 Å². The highest BCUT2D eigenvalue weighted by atomic mass is 35.5. The monoisotopic (exact) mass is 386 g/mol. The number of carbonyl (C=O) groups excluding carboxylic acids is 1. The van der Waals surface area contributed by atoms with Gasteiger partial charge in [0.05, 0.1) is 11.6 Å². The second-order valence-electron chi connectivity index (χ2n) is 5.24. The van der Waals surface area contributed by atoms with Crippen LogP contribution in [0.25, 0.3) is 6.08 Å². The van der Waals surface area contributed by atoms with Gasteiger partial charge in [-0.1, -0.05) is 78.1 Å². The van der Waals surface area contributed by atoms with Crippen LogP contribution in [0.15, 0.2) is 71.7 Å². The fraction of sp³-hybridized carbons (Fsp3) is 0.0526. The normalized spacial score (nSPS) is 16.2. The lowest BCUT2D eigenvalue weighted by Gasteiger charge is -2.16. The van der Waals surface area contributed by atoms with Gasteiger partial charge in [0, 0.05) is 10.7 Å². The summed E-state index contributed by atoms with van der Waals surface area (Å²) in [4.78, 5) is 14.7. The SMILES string of the molecule is O=C1/C(=C\C=C\c2ccccc2)SC(=S)N1CNc1ccc(Cl)cc1. The molecule has 1 aliphatic heterocycles. The van der Waals surface area contributed by atoms with Gasteiger partial charge in [0.1, 0.15) is 4.32 Å². The summed E-state index contributed by atoms with van der Waals surface area (Å²) in [5.74, 6) is -0.0887. The molecule has 25 heavy (non-hydrogen) atoms. The molecule has 3 nitrogen and oxygen atoms in total. The van der Waals surface area contributed by atoms with E-state index >= 15 is 0 Å². The van der Waals surface area contributed by atoms with Crippen LogP contribution in [-0.2, 0) is 4.79 Å². The first kappa shape index (κ1) is 17.7. The van der Waals surface area contributed by atoms with Crippen molar-refractivity contribution in [3.8, 4) is 0 Å². The van der Waals surface area contributed by atoms with Gasteiger partial charge in [-0.2, -0.15) is 0 Å². The smallest absolute Gasteiger partial charge is 0.267 e. The third kappa shape index (κ3) is 4.72. The lowest BCUT2D eigenvalue weighted by molar-refractivity contribution is -0.121. The maximum atomic E-state index is 12.5. The number of nitrogens with zero attached hydrogens (tertiary/aromatic N) is 1. The molecule has 2 aromatic carbocycles. The molecule has 1 aliphatic rings. The molecule has 0 aliphatic carbocycles. The second-order valence-corrected chi connectivity index (χ2v) is 7.36. The lowest BCUT2D eigenvalue weighted by Crippen LogP contribution is -2.33. The summed E-state index contributed by atoms with van der Waals surface area (Å²) in [6.45, 7) is 0.325. The van der Waals surface area contributed by atoms with E-state index in [1.165, 1.54) is 11.8 Å². The number of hydrogen-bond acceptors (Lipinski definition) is 4. The number of allylic oxidation sites excluding steroid dienone is 2. The van der Waals surface area contributed by atoms with Crippen LogP contribution < -0.4 is 5.32 Å². The number of thiocarbonyl (C=S) groups is 1. The molecular formula is C19H15ClN2OS2. The van der Waals surface area contributed by atoms with Crippen molar-refractivity contribution in [3.63, 3.8) is 0 Å². The van der Waals surface area contributed by atoms with Crippen LogP contribution >= 0.6 is 35.6 Å². The summed E-state index contributed by atoms with van der Waals surface area (Å²) in [6, 6.07) is 17.2. The average molecular weight is 387 g/mol. The standard InChI is InChI=1S/C19H15ClN2OS2/c20-15-9-11-16(12-10-15)21-13-22-18(23)17(25-19(22)24)8-4-7-14-5-2-1-3-6-14/h1-12,21H,13H2/b7-4+,17-8+. The summed E-state index contributed by atoms with van der Waals surface area (Å²) >= 11 is 12.5. The molecule has 1 N–H and O–H groups in total. The number of carbonyl (C=O) groups is 1. The van der Waals surface area contributed by atoms with Gasteiger partial charge in [-0.3, -0.25) is 9.69 Å². The molecule has 0 spiro atoms. The van der Waals surface area contributed by atoms with Gasteiger partial charge in [0.2, 0.25) is 0 Å². The Kier molecular flexibility index (Phi) is 5.91. The van der Waals surface area contributed by atoms with E-state index in [0.717, 1.165) is 11.3 Å². The van der Waals surface area contributed by atoms with Crippen molar-refractivity contribution >= 4 is 57.6 Å². The molecule has 0 atom stereocenters. The van der Waals surface area contributed by atoms with Crippen molar-refractivity contribution in [2.75, 3.05) is 12.0 Å². The van der Waals surface area contributed by atoms with Gasteiger partial charge >= 0.3 is 0 Å². The first-order chi connectivity index (χ1) is 12.1. The number of nitrogens with one attached hydrogen (secondary N) is 1. The van der Waals surface area contributed by atoms with E-state index in [1.807, 2.05) is 54.6 Å². The minimum atomic E-state index is -0.0887. The van der Waals surface area contributed by atoms with Gasteiger partial charge in [0.15, 0.2) is 0 Å². The molecular weight excluding hydrogens is 372 g/mol.